The van der Waals surface area contributed by atoms with E-state index in [0.717, 1.165) is 13.1 Å². The second-order valence-electron chi connectivity index (χ2n) is 7.95. The molecule has 0 radical (unpaired) electrons. The van der Waals surface area contributed by atoms with Crippen LogP contribution >= 0.6 is 0 Å². The van der Waals surface area contributed by atoms with Gasteiger partial charge < -0.3 is 9.13 Å². The molecule has 6 rings (SSSR count). The van der Waals surface area contributed by atoms with Crippen LogP contribution in [0.2, 0.25) is 0 Å². The van der Waals surface area contributed by atoms with E-state index < -0.39 is 0 Å². The van der Waals surface area contributed by atoms with Crippen molar-refractivity contribution >= 4 is 43.6 Å². The van der Waals surface area contributed by atoms with Crippen LogP contribution in [-0.4, -0.2) is 9.13 Å². The summed E-state index contributed by atoms with van der Waals surface area (Å²) >= 11 is 0. The molecule has 2 heterocycles. The Balaban J connectivity index is 1.71. The van der Waals surface area contributed by atoms with Gasteiger partial charge in [-0.25, -0.2) is 0 Å². The van der Waals surface area contributed by atoms with Gasteiger partial charge in [0.15, 0.2) is 0 Å². The SMILES string of the molecule is CCn1c2ccccc2c2cc(-c3cccc4c3c3ccccc3n4CC)ccc21. The lowest BCUT2D eigenvalue weighted by atomic mass is 9.98. The standard InChI is InChI=1S/C28H24N2/c1-3-29-24-13-7-5-10-21(24)23-18-19(16-17-26(23)29)20-12-9-15-27-28(20)22-11-6-8-14-25(22)30(27)4-2/h5-18H,3-4H2,1-2H3. The minimum absolute atomic E-state index is 0.969. The van der Waals surface area contributed by atoms with Crippen LogP contribution in [0.15, 0.2) is 84.9 Å². The molecular formula is C28H24N2. The van der Waals surface area contributed by atoms with Gasteiger partial charge in [0.2, 0.25) is 0 Å². The largest absolute Gasteiger partial charge is 0.341 e. The van der Waals surface area contributed by atoms with Gasteiger partial charge >= 0.3 is 0 Å². The fraction of sp³-hybridized carbons (Fsp3) is 0.143. The van der Waals surface area contributed by atoms with Crippen LogP contribution in [0.1, 0.15) is 13.8 Å². The number of hydrogen-bond donors (Lipinski definition) is 0. The molecule has 0 aliphatic carbocycles. The summed E-state index contributed by atoms with van der Waals surface area (Å²) in [6, 6.07) is 31.2. The topological polar surface area (TPSA) is 9.86 Å². The molecule has 6 aromatic rings. The zero-order chi connectivity index (χ0) is 20.2. The number of benzene rings is 4. The number of fused-ring (bicyclic) bond motifs is 6. The van der Waals surface area contributed by atoms with Crippen molar-refractivity contribution in [3.05, 3.63) is 84.9 Å². The van der Waals surface area contributed by atoms with E-state index in [1.165, 1.54) is 54.7 Å². The van der Waals surface area contributed by atoms with E-state index in [2.05, 4.69) is 108 Å². The maximum atomic E-state index is 2.43. The van der Waals surface area contributed by atoms with Crippen molar-refractivity contribution in [1.82, 2.24) is 9.13 Å². The van der Waals surface area contributed by atoms with E-state index in [4.69, 9.17) is 0 Å². The molecule has 0 unspecified atom stereocenters. The summed E-state index contributed by atoms with van der Waals surface area (Å²) in [5, 5.41) is 5.36. The average molecular weight is 389 g/mol. The third-order valence-electron chi connectivity index (χ3n) is 6.51. The molecule has 2 nitrogen and oxygen atoms in total. The molecule has 0 N–H and O–H groups in total. The third kappa shape index (κ3) is 2.25. The van der Waals surface area contributed by atoms with E-state index >= 15 is 0 Å². The van der Waals surface area contributed by atoms with Crippen molar-refractivity contribution in [2.24, 2.45) is 0 Å². The highest BCUT2D eigenvalue weighted by Crippen LogP contribution is 2.39. The highest BCUT2D eigenvalue weighted by Gasteiger charge is 2.15. The molecule has 4 aromatic carbocycles. The Hall–Kier alpha value is -3.52. The third-order valence-corrected chi connectivity index (χ3v) is 6.51. The first-order valence-electron chi connectivity index (χ1n) is 10.8. The zero-order valence-electron chi connectivity index (χ0n) is 17.4. The van der Waals surface area contributed by atoms with Crippen molar-refractivity contribution in [3.63, 3.8) is 0 Å². The Morgan fingerprint density at radius 1 is 0.533 bits per heavy atom. The Morgan fingerprint density at radius 3 is 1.90 bits per heavy atom. The number of aromatic nitrogens is 2. The van der Waals surface area contributed by atoms with Gasteiger partial charge in [0.05, 0.1) is 0 Å². The van der Waals surface area contributed by atoms with E-state index in [1.807, 2.05) is 0 Å². The van der Waals surface area contributed by atoms with E-state index in [1.54, 1.807) is 0 Å². The van der Waals surface area contributed by atoms with Crippen LogP contribution in [0.25, 0.3) is 54.7 Å². The summed E-state index contributed by atoms with van der Waals surface area (Å²) in [6.07, 6.45) is 0. The van der Waals surface area contributed by atoms with Gasteiger partial charge in [-0.3, -0.25) is 0 Å². The molecule has 146 valence electrons. The molecular weight excluding hydrogens is 364 g/mol. The lowest BCUT2D eigenvalue weighted by Crippen LogP contribution is -1.93. The van der Waals surface area contributed by atoms with Crippen molar-refractivity contribution in [2.45, 2.75) is 26.9 Å². The first-order chi connectivity index (χ1) is 14.8. The summed E-state index contributed by atoms with van der Waals surface area (Å²) in [7, 11) is 0. The van der Waals surface area contributed by atoms with Gasteiger partial charge in [-0.1, -0.05) is 54.6 Å². The Bertz CT molecular complexity index is 1560. The lowest BCUT2D eigenvalue weighted by Gasteiger charge is -2.08. The minimum atomic E-state index is 0.969. The minimum Gasteiger partial charge on any atom is -0.341 e. The summed E-state index contributed by atoms with van der Waals surface area (Å²) in [5.41, 5.74) is 7.84. The molecule has 2 aromatic heterocycles. The number of hydrogen-bond acceptors (Lipinski definition) is 0. The quantitative estimate of drug-likeness (QED) is 0.295. The molecule has 0 aliphatic heterocycles. The lowest BCUT2D eigenvalue weighted by molar-refractivity contribution is 0.827. The van der Waals surface area contributed by atoms with Gasteiger partial charge in [0.1, 0.15) is 0 Å². The van der Waals surface area contributed by atoms with Crippen molar-refractivity contribution in [3.8, 4) is 11.1 Å². The predicted octanol–water partition coefficient (Wildman–Crippen LogP) is 7.61. The van der Waals surface area contributed by atoms with Crippen LogP contribution in [-0.2, 0) is 13.1 Å². The van der Waals surface area contributed by atoms with Gasteiger partial charge in [-0.15, -0.1) is 0 Å². The molecule has 0 spiro atoms. The predicted molar refractivity (Wildman–Crippen MR) is 129 cm³/mol. The van der Waals surface area contributed by atoms with Gasteiger partial charge in [-0.2, -0.15) is 0 Å². The maximum Gasteiger partial charge on any atom is 0.0497 e. The molecule has 0 saturated carbocycles. The highest BCUT2D eigenvalue weighted by atomic mass is 15.0. The second-order valence-corrected chi connectivity index (χ2v) is 7.95. The van der Waals surface area contributed by atoms with E-state index in [-0.39, 0.29) is 0 Å². The first kappa shape index (κ1) is 17.3. The maximum absolute atomic E-state index is 2.43. The molecule has 0 bridgehead atoms. The summed E-state index contributed by atoms with van der Waals surface area (Å²) < 4.78 is 4.84. The van der Waals surface area contributed by atoms with Crippen LogP contribution in [0.3, 0.4) is 0 Å². The van der Waals surface area contributed by atoms with Crippen molar-refractivity contribution < 1.29 is 0 Å². The smallest absolute Gasteiger partial charge is 0.0497 e. The average Bonchev–Trinajstić information content (AvgIpc) is 3.30. The molecule has 30 heavy (non-hydrogen) atoms. The van der Waals surface area contributed by atoms with Crippen LogP contribution in [0.4, 0.5) is 0 Å². The normalized spacial score (nSPS) is 11.9. The molecule has 0 aliphatic rings. The van der Waals surface area contributed by atoms with E-state index in [0.29, 0.717) is 0 Å². The van der Waals surface area contributed by atoms with Gasteiger partial charge in [0.25, 0.3) is 0 Å². The van der Waals surface area contributed by atoms with Crippen LogP contribution < -0.4 is 0 Å². The van der Waals surface area contributed by atoms with E-state index in [9.17, 15) is 0 Å². The molecule has 0 saturated heterocycles. The number of para-hydroxylation sites is 2. The zero-order valence-corrected chi connectivity index (χ0v) is 17.4. The summed E-state index contributed by atoms with van der Waals surface area (Å²) in [4.78, 5) is 0. The number of aryl methyl sites for hydroxylation is 2. The summed E-state index contributed by atoms with van der Waals surface area (Å²) in [6.45, 7) is 6.39. The Morgan fingerprint density at radius 2 is 1.13 bits per heavy atom. The molecule has 2 heteroatoms. The van der Waals surface area contributed by atoms with Crippen molar-refractivity contribution in [2.75, 3.05) is 0 Å². The summed E-state index contributed by atoms with van der Waals surface area (Å²) in [5.74, 6) is 0. The van der Waals surface area contributed by atoms with Crippen LogP contribution in [0.5, 0.6) is 0 Å². The van der Waals surface area contributed by atoms with Crippen LogP contribution in [0, 0.1) is 0 Å². The van der Waals surface area contributed by atoms with Gasteiger partial charge in [-0.05, 0) is 55.3 Å². The first-order valence-corrected chi connectivity index (χ1v) is 10.8. The second kappa shape index (κ2) is 6.50. The number of rotatable bonds is 3. The monoisotopic (exact) mass is 388 g/mol. The molecule has 0 amide bonds. The fourth-order valence-corrected chi connectivity index (χ4v) is 5.24. The van der Waals surface area contributed by atoms with Gasteiger partial charge in [0, 0.05) is 56.7 Å². The number of nitrogens with zero attached hydrogens (tertiary/aromatic N) is 2. The van der Waals surface area contributed by atoms with Crippen molar-refractivity contribution in [1.29, 1.82) is 0 Å². The highest BCUT2D eigenvalue weighted by molar-refractivity contribution is 6.16. The molecule has 0 fully saturated rings. The Labute approximate surface area is 176 Å². The Kier molecular flexibility index (Phi) is 3.76. The fourth-order valence-electron chi connectivity index (χ4n) is 5.24. The molecule has 0 atom stereocenters.